The van der Waals surface area contributed by atoms with Gasteiger partial charge in [0, 0.05) is 69.8 Å². The van der Waals surface area contributed by atoms with Gasteiger partial charge in [0.15, 0.2) is 11.6 Å². The quantitative estimate of drug-likeness (QED) is 0.511. The smallest absolute Gasteiger partial charge is 0.319 e. The van der Waals surface area contributed by atoms with Crippen LogP contribution in [-0.4, -0.2) is 84.6 Å². The SMILES string of the molecule is CCNC(=O)Nc1ccc(-c2nc(N3CCOCC3)c3cc(CN4CCNCC4)cn3n2)cc1. The molecule has 0 bridgehead atoms. The number of morpholine rings is 1. The number of amides is 2. The minimum atomic E-state index is -0.216. The highest BCUT2D eigenvalue weighted by Crippen LogP contribution is 2.27. The zero-order chi connectivity index (χ0) is 23.3. The van der Waals surface area contributed by atoms with E-state index >= 15 is 0 Å². The van der Waals surface area contributed by atoms with Crippen LogP contribution in [0.3, 0.4) is 0 Å². The zero-order valence-electron chi connectivity index (χ0n) is 19.6. The predicted octanol–water partition coefficient (Wildman–Crippen LogP) is 1.78. The van der Waals surface area contributed by atoms with Crippen LogP contribution in [0.5, 0.6) is 0 Å². The van der Waals surface area contributed by atoms with Crippen LogP contribution < -0.4 is 20.9 Å². The van der Waals surface area contributed by atoms with Crippen molar-refractivity contribution in [1.82, 2.24) is 30.1 Å². The minimum Gasteiger partial charge on any atom is -0.378 e. The van der Waals surface area contributed by atoms with E-state index in [0.717, 1.165) is 68.4 Å². The number of carbonyl (C=O) groups excluding carboxylic acids is 1. The number of hydrogen-bond donors (Lipinski definition) is 3. The van der Waals surface area contributed by atoms with Crippen LogP contribution in [0.15, 0.2) is 36.5 Å². The summed E-state index contributed by atoms with van der Waals surface area (Å²) >= 11 is 0. The van der Waals surface area contributed by atoms with E-state index in [1.807, 2.05) is 35.7 Å². The van der Waals surface area contributed by atoms with Gasteiger partial charge in [0.2, 0.25) is 0 Å². The van der Waals surface area contributed by atoms with E-state index in [4.69, 9.17) is 14.8 Å². The molecule has 0 unspecified atom stereocenters. The molecule has 0 atom stereocenters. The summed E-state index contributed by atoms with van der Waals surface area (Å²) in [6.07, 6.45) is 2.12. The normalized spacial score (nSPS) is 17.1. The molecule has 2 aliphatic rings. The Morgan fingerprint density at radius 3 is 2.62 bits per heavy atom. The standard InChI is InChI=1S/C24H32N8O2/c1-2-26-24(33)27-20-5-3-19(4-6-20)22-28-23(31-11-13-34-14-12-31)21-15-18(17-32(21)29-22)16-30-9-7-25-8-10-30/h3-6,15,17,25H,2,7-14,16H2,1H3,(H2,26,27,33). The lowest BCUT2D eigenvalue weighted by Gasteiger charge is -2.28. The first-order valence-electron chi connectivity index (χ1n) is 12.0. The van der Waals surface area contributed by atoms with Crippen LogP contribution in [-0.2, 0) is 11.3 Å². The van der Waals surface area contributed by atoms with Gasteiger partial charge in [-0.3, -0.25) is 4.90 Å². The van der Waals surface area contributed by atoms with Crippen LogP contribution in [0.2, 0.25) is 0 Å². The molecule has 10 heteroatoms. The van der Waals surface area contributed by atoms with E-state index in [0.29, 0.717) is 25.6 Å². The summed E-state index contributed by atoms with van der Waals surface area (Å²) in [4.78, 5) is 21.5. The number of hydrogen-bond acceptors (Lipinski definition) is 7. The molecule has 4 heterocycles. The lowest BCUT2D eigenvalue weighted by Crippen LogP contribution is -2.42. The second-order valence-corrected chi connectivity index (χ2v) is 8.62. The molecule has 0 spiro atoms. The number of anilines is 2. The van der Waals surface area contributed by atoms with Crippen molar-refractivity contribution in [2.75, 3.05) is 69.2 Å². The first-order chi connectivity index (χ1) is 16.7. The maximum atomic E-state index is 11.8. The fourth-order valence-corrected chi connectivity index (χ4v) is 4.42. The summed E-state index contributed by atoms with van der Waals surface area (Å²) in [6, 6.07) is 9.63. The molecule has 10 nitrogen and oxygen atoms in total. The van der Waals surface area contributed by atoms with Gasteiger partial charge >= 0.3 is 6.03 Å². The number of carbonyl (C=O) groups is 1. The number of aromatic nitrogens is 3. The molecule has 2 amide bonds. The summed E-state index contributed by atoms with van der Waals surface area (Å²) in [5, 5.41) is 13.8. The molecule has 0 radical (unpaired) electrons. The van der Waals surface area contributed by atoms with Gasteiger partial charge in [-0.15, -0.1) is 5.10 Å². The highest BCUT2D eigenvalue weighted by Gasteiger charge is 2.20. The molecule has 2 saturated heterocycles. The molecule has 0 saturated carbocycles. The topological polar surface area (TPSA) is 99.1 Å². The second kappa shape index (κ2) is 10.4. The molecular formula is C24H32N8O2. The lowest BCUT2D eigenvalue weighted by atomic mass is 10.2. The molecule has 34 heavy (non-hydrogen) atoms. The van der Waals surface area contributed by atoms with Crippen molar-refractivity contribution in [3.8, 4) is 11.4 Å². The van der Waals surface area contributed by atoms with Gasteiger partial charge in [0.1, 0.15) is 5.52 Å². The predicted molar refractivity (Wildman–Crippen MR) is 132 cm³/mol. The number of piperazine rings is 1. The number of fused-ring (bicyclic) bond motifs is 1. The molecule has 2 fully saturated rings. The molecule has 3 aromatic rings. The number of nitrogens with one attached hydrogen (secondary N) is 3. The van der Waals surface area contributed by atoms with Crippen LogP contribution in [0.25, 0.3) is 16.9 Å². The Labute approximate surface area is 199 Å². The summed E-state index contributed by atoms with van der Waals surface area (Å²) in [5.74, 6) is 1.59. The summed E-state index contributed by atoms with van der Waals surface area (Å²) in [5.41, 5.74) is 3.88. The van der Waals surface area contributed by atoms with Crippen molar-refractivity contribution >= 4 is 23.1 Å². The van der Waals surface area contributed by atoms with Crippen LogP contribution in [0, 0.1) is 0 Å². The van der Waals surface area contributed by atoms with Crippen molar-refractivity contribution in [3.63, 3.8) is 0 Å². The molecule has 3 N–H and O–H groups in total. The first kappa shape index (κ1) is 22.6. The number of benzene rings is 1. The maximum absolute atomic E-state index is 11.8. The lowest BCUT2D eigenvalue weighted by molar-refractivity contribution is 0.122. The fourth-order valence-electron chi connectivity index (χ4n) is 4.42. The van der Waals surface area contributed by atoms with Gasteiger partial charge in [0.05, 0.1) is 13.2 Å². The molecule has 5 rings (SSSR count). The van der Waals surface area contributed by atoms with Gasteiger partial charge in [-0.2, -0.15) is 0 Å². The fraction of sp³-hybridized carbons (Fsp3) is 0.458. The Balaban J connectivity index is 1.45. The van der Waals surface area contributed by atoms with Crippen molar-refractivity contribution in [3.05, 3.63) is 42.1 Å². The molecule has 180 valence electrons. The average Bonchev–Trinajstić information content (AvgIpc) is 3.27. The van der Waals surface area contributed by atoms with E-state index in [1.54, 1.807) is 0 Å². The van der Waals surface area contributed by atoms with Gasteiger partial charge in [-0.05, 0) is 42.8 Å². The van der Waals surface area contributed by atoms with Gasteiger partial charge < -0.3 is 25.6 Å². The number of rotatable bonds is 6. The number of urea groups is 1. The van der Waals surface area contributed by atoms with Crippen molar-refractivity contribution in [1.29, 1.82) is 0 Å². The highest BCUT2D eigenvalue weighted by molar-refractivity contribution is 5.89. The Kier molecular flexibility index (Phi) is 6.89. The third-order valence-corrected chi connectivity index (χ3v) is 6.17. The Bertz CT molecular complexity index is 1120. The van der Waals surface area contributed by atoms with Gasteiger partial charge in [-0.25, -0.2) is 14.3 Å². The van der Waals surface area contributed by atoms with E-state index in [-0.39, 0.29) is 6.03 Å². The van der Waals surface area contributed by atoms with E-state index < -0.39 is 0 Å². The molecule has 1 aromatic carbocycles. The van der Waals surface area contributed by atoms with E-state index in [1.165, 1.54) is 5.56 Å². The maximum Gasteiger partial charge on any atom is 0.319 e. The van der Waals surface area contributed by atoms with Crippen LogP contribution >= 0.6 is 0 Å². The van der Waals surface area contributed by atoms with Crippen LogP contribution in [0.4, 0.5) is 16.3 Å². The molecule has 2 aromatic heterocycles. The summed E-state index contributed by atoms with van der Waals surface area (Å²) in [7, 11) is 0. The van der Waals surface area contributed by atoms with Gasteiger partial charge in [-0.1, -0.05) is 0 Å². The van der Waals surface area contributed by atoms with Crippen molar-refractivity contribution < 1.29 is 9.53 Å². The summed E-state index contributed by atoms with van der Waals surface area (Å²) < 4.78 is 7.54. The Hall–Kier alpha value is -3.21. The van der Waals surface area contributed by atoms with Crippen LogP contribution in [0.1, 0.15) is 12.5 Å². The third-order valence-electron chi connectivity index (χ3n) is 6.17. The first-order valence-corrected chi connectivity index (χ1v) is 12.0. The number of nitrogens with zero attached hydrogens (tertiary/aromatic N) is 5. The summed E-state index contributed by atoms with van der Waals surface area (Å²) in [6.45, 7) is 10.5. The number of ether oxygens (including phenoxy) is 1. The zero-order valence-corrected chi connectivity index (χ0v) is 19.6. The second-order valence-electron chi connectivity index (χ2n) is 8.62. The monoisotopic (exact) mass is 464 g/mol. The average molecular weight is 465 g/mol. The third kappa shape index (κ3) is 5.14. The molecule has 2 aliphatic heterocycles. The molecular weight excluding hydrogens is 432 g/mol. The molecule has 0 aliphatic carbocycles. The van der Waals surface area contributed by atoms with E-state index in [2.05, 4.69) is 38.0 Å². The van der Waals surface area contributed by atoms with Gasteiger partial charge in [0.25, 0.3) is 0 Å². The Morgan fingerprint density at radius 2 is 1.88 bits per heavy atom. The largest absolute Gasteiger partial charge is 0.378 e. The van der Waals surface area contributed by atoms with Crippen molar-refractivity contribution in [2.24, 2.45) is 0 Å². The Morgan fingerprint density at radius 1 is 1.12 bits per heavy atom. The van der Waals surface area contributed by atoms with Crippen molar-refractivity contribution in [2.45, 2.75) is 13.5 Å². The minimum absolute atomic E-state index is 0.216. The highest BCUT2D eigenvalue weighted by atomic mass is 16.5. The van der Waals surface area contributed by atoms with E-state index in [9.17, 15) is 4.79 Å².